The lowest BCUT2D eigenvalue weighted by Crippen LogP contribution is -2.40. The largest absolute Gasteiger partial charge is 0.357 e. The van der Waals surface area contributed by atoms with Gasteiger partial charge in [-0.05, 0) is 24.6 Å². The van der Waals surface area contributed by atoms with E-state index in [1.165, 1.54) is 6.07 Å². The summed E-state index contributed by atoms with van der Waals surface area (Å²) >= 11 is 0. The van der Waals surface area contributed by atoms with E-state index in [1.807, 2.05) is 32.0 Å². The quantitative estimate of drug-likeness (QED) is 0.398. The van der Waals surface area contributed by atoms with Crippen LogP contribution in [0.25, 0.3) is 0 Å². The van der Waals surface area contributed by atoms with E-state index in [0.29, 0.717) is 13.1 Å². The Morgan fingerprint density at radius 3 is 2.69 bits per heavy atom. The normalized spacial score (nSPS) is 11.8. The number of guanidine groups is 1. The molecule has 0 saturated heterocycles. The van der Waals surface area contributed by atoms with Crippen molar-refractivity contribution in [3.63, 3.8) is 0 Å². The molecule has 0 spiro atoms. The number of aromatic nitrogens is 3. The molecule has 0 bridgehead atoms. The molecule has 26 heavy (non-hydrogen) atoms. The summed E-state index contributed by atoms with van der Waals surface area (Å²) in [7, 11) is 3.83. The van der Waals surface area contributed by atoms with Crippen molar-refractivity contribution >= 4 is 29.9 Å². The van der Waals surface area contributed by atoms with Gasteiger partial charge in [-0.25, -0.2) is 9.37 Å². The molecule has 0 aliphatic carbocycles. The second-order valence-corrected chi connectivity index (χ2v) is 6.72. The Hall–Kier alpha value is -1.71. The highest BCUT2D eigenvalue weighted by Gasteiger charge is 2.21. The first-order valence-electron chi connectivity index (χ1n) is 8.42. The minimum atomic E-state index is -0.269. The molecule has 1 heterocycles. The summed E-state index contributed by atoms with van der Waals surface area (Å²) in [6, 6.07) is 6.71. The van der Waals surface area contributed by atoms with Crippen molar-refractivity contribution in [2.45, 2.75) is 32.7 Å². The van der Waals surface area contributed by atoms with Crippen LogP contribution >= 0.6 is 24.0 Å². The highest BCUT2D eigenvalue weighted by atomic mass is 127. The molecule has 2 aromatic rings. The molecular formula is C18H28FIN6. The molecule has 0 radical (unpaired) electrons. The third-order valence-electron chi connectivity index (χ3n) is 4.11. The first-order valence-corrected chi connectivity index (χ1v) is 8.42. The number of rotatable bonds is 6. The minimum Gasteiger partial charge on any atom is -0.357 e. The maximum atomic E-state index is 13.5. The molecule has 1 aromatic heterocycles. The van der Waals surface area contributed by atoms with Crippen LogP contribution in [0.1, 0.15) is 32.2 Å². The van der Waals surface area contributed by atoms with Gasteiger partial charge in [-0.1, -0.05) is 26.0 Å². The van der Waals surface area contributed by atoms with Gasteiger partial charge in [0.05, 0.1) is 13.1 Å². The summed E-state index contributed by atoms with van der Waals surface area (Å²) in [6.07, 6.45) is 1.54. The molecule has 0 aliphatic rings. The van der Waals surface area contributed by atoms with Crippen LogP contribution in [0, 0.1) is 5.82 Å². The fraction of sp³-hybridized carbons (Fsp3) is 0.500. The molecule has 0 unspecified atom stereocenters. The minimum absolute atomic E-state index is 0. The van der Waals surface area contributed by atoms with Crippen LogP contribution in [0.4, 0.5) is 4.39 Å². The Kier molecular flexibility index (Phi) is 8.45. The van der Waals surface area contributed by atoms with E-state index in [0.717, 1.165) is 23.9 Å². The summed E-state index contributed by atoms with van der Waals surface area (Å²) < 4.78 is 15.3. The lowest BCUT2D eigenvalue weighted by molar-refractivity contribution is 0.442. The lowest BCUT2D eigenvalue weighted by atomic mass is 9.85. The van der Waals surface area contributed by atoms with Crippen LogP contribution in [0.15, 0.2) is 35.6 Å². The van der Waals surface area contributed by atoms with Gasteiger partial charge in [0, 0.05) is 26.1 Å². The Balaban J connectivity index is 0.00000338. The standard InChI is InChI=1S/C18H27FN6.HI/c1-6-20-17(24(4)11-16-22-13-23-25(16)5)21-12-18(2,3)14-8-7-9-15(19)10-14;/h7-10,13H,6,11-12H2,1-5H3,(H,20,21);1H. The third-order valence-corrected chi connectivity index (χ3v) is 4.11. The van der Waals surface area contributed by atoms with Crippen LogP contribution in [0.2, 0.25) is 0 Å². The van der Waals surface area contributed by atoms with Gasteiger partial charge in [0.25, 0.3) is 0 Å². The van der Waals surface area contributed by atoms with E-state index in [1.54, 1.807) is 23.1 Å². The number of nitrogens with zero attached hydrogens (tertiary/aromatic N) is 5. The highest BCUT2D eigenvalue weighted by molar-refractivity contribution is 14.0. The number of aryl methyl sites for hydroxylation is 1. The topological polar surface area (TPSA) is 58.3 Å². The maximum Gasteiger partial charge on any atom is 0.194 e. The van der Waals surface area contributed by atoms with Crippen LogP contribution < -0.4 is 5.32 Å². The van der Waals surface area contributed by atoms with Gasteiger partial charge in [-0.2, -0.15) is 5.10 Å². The molecule has 1 N–H and O–H groups in total. The predicted octanol–water partition coefficient (Wildman–Crippen LogP) is 2.95. The molecule has 144 valence electrons. The lowest BCUT2D eigenvalue weighted by Gasteiger charge is -2.26. The Bertz CT molecular complexity index is 728. The van der Waals surface area contributed by atoms with Crippen molar-refractivity contribution in [1.82, 2.24) is 25.0 Å². The molecule has 0 fully saturated rings. The third kappa shape index (κ3) is 5.93. The van der Waals surface area contributed by atoms with Gasteiger partial charge in [-0.15, -0.1) is 24.0 Å². The number of aliphatic imine (C=N–C) groups is 1. The molecule has 0 saturated carbocycles. The van der Waals surface area contributed by atoms with Crippen LogP contribution in [0.5, 0.6) is 0 Å². The van der Waals surface area contributed by atoms with Crippen LogP contribution in [-0.4, -0.2) is 45.8 Å². The average Bonchev–Trinajstić information content (AvgIpc) is 2.96. The molecule has 0 aliphatic heterocycles. The van der Waals surface area contributed by atoms with Crippen molar-refractivity contribution < 1.29 is 4.39 Å². The molecule has 8 heteroatoms. The van der Waals surface area contributed by atoms with Crippen molar-refractivity contribution in [2.75, 3.05) is 20.1 Å². The zero-order chi connectivity index (χ0) is 18.4. The molecule has 2 rings (SSSR count). The second-order valence-electron chi connectivity index (χ2n) is 6.72. The fourth-order valence-corrected chi connectivity index (χ4v) is 2.49. The molecule has 0 atom stereocenters. The molecule has 6 nitrogen and oxygen atoms in total. The Morgan fingerprint density at radius 2 is 2.12 bits per heavy atom. The number of nitrogens with one attached hydrogen (secondary N) is 1. The van der Waals surface area contributed by atoms with Crippen molar-refractivity contribution in [3.05, 3.63) is 47.8 Å². The van der Waals surface area contributed by atoms with Gasteiger partial charge < -0.3 is 10.2 Å². The SMILES string of the molecule is CCNC(=NCC(C)(C)c1cccc(F)c1)N(C)Cc1ncnn1C.I. The van der Waals surface area contributed by atoms with E-state index in [-0.39, 0.29) is 35.2 Å². The van der Waals surface area contributed by atoms with E-state index in [2.05, 4.69) is 29.2 Å². The Labute approximate surface area is 171 Å². The van der Waals surface area contributed by atoms with E-state index in [4.69, 9.17) is 4.99 Å². The number of hydrogen-bond donors (Lipinski definition) is 1. The van der Waals surface area contributed by atoms with Crippen molar-refractivity contribution in [1.29, 1.82) is 0 Å². The molecular weight excluding hydrogens is 446 g/mol. The summed E-state index contributed by atoms with van der Waals surface area (Å²) in [5, 5.41) is 7.39. The zero-order valence-corrected chi connectivity index (χ0v) is 18.4. The summed E-state index contributed by atoms with van der Waals surface area (Å²) in [5.74, 6) is 1.42. The van der Waals surface area contributed by atoms with Crippen LogP contribution in [-0.2, 0) is 19.0 Å². The molecule has 1 aromatic carbocycles. The summed E-state index contributed by atoms with van der Waals surface area (Å²) in [5.41, 5.74) is 0.664. The van der Waals surface area contributed by atoms with Gasteiger partial charge in [-0.3, -0.25) is 9.67 Å². The summed E-state index contributed by atoms with van der Waals surface area (Å²) in [6.45, 7) is 8.07. The predicted molar refractivity (Wildman–Crippen MR) is 113 cm³/mol. The monoisotopic (exact) mass is 474 g/mol. The number of halogens is 2. The van der Waals surface area contributed by atoms with Crippen LogP contribution in [0.3, 0.4) is 0 Å². The van der Waals surface area contributed by atoms with E-state index in [9.17, 15) is 4.39 Å². The van der Waals surface area contributed by atoms with Gasteiger partial charge in [0.15, 0.2) is 5.96 Å². The van der Waals surface area contributed by atoms with E-state index >= 15 is 0 Å². The second kappa shape index (κ2) is 9.84. The van der Waals surface area contributed by atoms with Gasteiger partial charge >= 0.3 is 0 Å². The van der Waals surface area contributed by atoms with E-state index < -0.39 is 0 Å². The zero-order valence-electron chi connectivity index (χ0n) is 16.0. The smallest absolute Gasteiger partial charge is 0.194 e. The van der Waals surface area contributed by atoms with Gasteiger partial charge in [0.2, 0.25) is 0 Å². The molecule has 0 amide bonds. The Morgan fingerprint density at radius 1 is 1.38 bits per heavy atom. The van der Waals surface area contributed by atoms with Crippen molar-refractivity contribution in [3.8, 4) is 0 Å². The fourth-order valence-electron chi connectivity index (χ4n) is 2.49. The number of hydrogen-bond acceptors (Lipinski definition) is 3. The van der Waals surface area contributed by atoms with Gasteiger partial charge in [0.1, 0.15) is 18.0 Å². The average molecular weight is 474 g/mol. The first-order chi connectivity index (χ1) is 11.8. The maximum absolute atomic E-state index is 13.5. The summed E-state index contributed by atoms with van der Waals surface area (Å²) in [4.78, 5) is 11.0. The van der Waals surface area contributed by atoms with Crippen molar-refractivity contribution in [2.24, 2.45) is 12.0 Å². The highest BCUT2D eigenvalue weighted by Crippen LogP contribution is 2.24. The number of benzene rings is 1. The first kappa shape index (κ1) is 22.3.